The van der Waals surface area contributed by atoms with Gasteiger partial charge in [0.25, 0.3) is 0 Å². The number of amides is 1. The van der Waals surface area contributed by atoms with Crippen LogP contribution in [-0.4, -0.2) is 22.7 Å². The number of para-hydroxylation sites is 1. The molecule has 2 aromatic carbocycles. The molecule has 1 aliphatic heterocycles. The number of nitrogens with zero attached hydrogens (tertiary/aromatic N) is 2. The maximum Gasteiger partial charge on any atom is 0.415 e. The summed E-state index contributed by atoms with van der Waals surface area (Å²) in [5.74, 6) is 1.20. The van der Waals surface area contributed by atoms with Gasteiger partial charge in [0.1, 0.15) is 5.75 Å². The van der Waals surface area contributed by atoms with Crippen molar-refractivity contribution in [2.45, 2.75) is 13.0 Å². The van der Waals surface area contributed by atoms with Crippen LogP contribution in [0.4, 0.5) is 4.79 Å². The first kappa shape index (κ1) is 15.7. The van der Waals surface area contributed by atoms with Crippen molar-refractivity contribution >= 4 is 17.7 Å². The molecule has 1 aliphatic rings. The van der Waals surface area contributed by atoms with Crippen LogP contribution in [0.3, 0.4) is 0 Å². The second kappa shape index (κ2) is 6.61. The third-order valence-corrected chi connectivity index (χ3v) is 4.40. The molecule has 5 nitrogen and oxygen atoms in total. The molecule has 1 aromatic heterocycles. The summed E-state index contributed by atoms with van der Waals surface area (Å²) in [5.41, 5.74) is 2.68. The number of hydrogen-bond acceptors (Lipinski definition) is 4. The molecule has 4 rings (SSSR count). The summed E-state index contributed by atoms with van der Waals surface area (Å²) in [7, 11) is 0. The van der Waals surface area contributed by atoms with Gasteiger partial charge in [0.15, 0.2) is 5.76 Å². The van der Waals surface area contributed by atoms with Gasteiger partial charge in [-0.15, -0.1) is 0 Å². The van der Waals surface area contributed by atoms with Gasteiger partial charge < -0.3 is 14.2 Å². The Morgan fingerprint density at radius 1 is 1.12 bits per heavy atom. The molecule has 2 heterocycles. The number of carbonyl (C=O) groups is 1. The van der Waals surface area contributed by atoms with Gasteiger partial charge in [0, 0.05) is 29.1 Å². The molecule has 0 unspecified atom stereocenters. The Hall–Kier alpha value is -2.79. The van der Waals surface area contributed by atoms with Gasteiger partial charge in [-0.3, -0.25) is 0 Å². The predicted octanol–water partition coefficient (Wildman–Crippen LogP) is 4.55. The minimum Gasteiger partial charge on any atom is -0.410 e. The van der Waals surface area contributed by atoms with E-state index in [1.165, 1.54) is 0 Å². The molecule has 3 aromatic rings. The van der Waals surface area contributed by atoms with E-state index in [-0.39, 0.29) is 6.09 Å². The van der Waals surface area contributed by atoms with Crippen LogP contribution in [-0.2, 0) is 13.0 Å². The second-order valence-corrected chi connectivity index (χ2v) is 6.23. The zero-order valence-corrected chi connectivity index (χ0v) is 14.1. The molecular formula is C19H15ClN2O3. The first-order valence-electron chi connectivity index (χ1n) is 7.96. The summed E-state index contributed by atoms with van der Waals surface area (Å²) in [6, 6.07) is 16.4. The Balaban J connectivity index is 1.55. The number of halogens is 1. The Morgan fingerprint density at radius 3 is 2.64 bits per heavy atom. The predicted molar refractivity (Wildman–Crippen MR) is 93.5 cm³/mol. The lowest BCUT2D eigenvalue weighted by Gasteiger charge is -2.25. The Morgan fingerprint density at radius 2 is 1.88 bits per heavy atom. The summed E-state index contributed by atoms with van der Waals surface area (Å²) in [6.45, 7) is 0.952. The van der Waals surface area contributed by atoms with Crippen molar-refractivity contribution in [1.29, 1.82) is 0 Å². The molecule has 0 radical (unpaired) electrons. The van der Waals surface area contributed by atoms with E-state index in [1.54, 1.807) is 29.2 Å². The molecule has 0 spiro atoms. The van der Waals surface area contributed by atoms with Crippen molar-refractivity contribution < 1.29 is 14.1 Å². The molecule has 25 heavy (non-hydrogen) atoms. The Bertz CT molecular complexity index is 891. The number of carbonyl (C=O) groups excluding carboxylic acids is 1. The number of benzene rings is 2. The molecule has 1 amide bonds. The molecule has 0 saturated heterocycles. The average molecular weight is 355 g/mol. The largest absolute Gasteiger partial charge is 0.415 e. The number of hydrogen-bond donors (Lipinski definition) is 0. The van der Waals surface area contributed by atoms with Gasteiger partial charge in [0.05, 0.1) is 12.2 Å². The van der Waals surface area contributed by atoms with Crippen LogP contribution in [0.2, 0.25) is 5.02 Å². The molecule has 0 fully saturated rings. The minimum atomic E-state index is -0.375. The minimum absolute atomic E-state index is 0.375. The monoisotopic (exact) mass is 354 g/mol. The summed E-state index contributed by atoms with van der Waals surface area (Å²) >= 11 is 5.94. The zero-order chi connectivity index (χ0) is 17.2. The molecule has 6 heteroatoms. The highest BCUT2D eigenvalue weighted by atomic mass is 35.5. The van der Waals surface area contributed by atoms with E-state index >= 15 is 0 Å². The van der Waals surface area contributed by atoms with Crippen molar-refractivity contribution in [3.05, 3.63) is 70.9 Å². The van der Waals surface area contributed by atoms with Gasteiger partial charge in [-0.05, 0) is 36.4 Å². The van der Waals surface area contributed by atoms with E-state index in [1.807, 2.05) is 30.3 Å². The number of rotatable bonds is 2. The number of ether oxygens (including phenoxy) is 1. The van der Waals surface area contributed by atoms with Crippen molar-refractivity contribution in [3.63, 3.8) is 0 Å². The van der Waals surface area contributed by atoms with E-state index in [0.29, 0.717) is 36.0 Å². The first-order valence-corrected chi connectivity index (χ1v) is 8.33. The quantitative estimate of drug-likeness (QED) is 0.677. The van der Waals surface area contributed by atoms with E-state index in [2.05, 4.69) is 5.16 Å². The van der Waals surface area contributed by atoms with Crippen molar-refractivity contribution in [1.82, 2.24) is 10.1 Å². The maximum atomic E-state index is 12.4. The normalized spacial score (nSPS) is 13.4. The lowest BCUT2D eigenvalue weighted by Crippen LogP contribution is -2.37. The smallest absolute Gasteiger partial charge is 0.410 e. The molecule has 0 N–H and O–H groups in total. The van der Waals surface area contributed by atoms with E-state index < -0.39 is 0 Å². The number of fused-ring (bicyclic) bond motifs is 1. The van der Waals surface area contributed by atoms with Crippen molar-refractivity contribution in [2.75, 3.05) is 6.54 Å². The van der Waals surface area contributed by atoms with E-state index in [9.17, 15) is 4.79 Å². The number of aromatic nitrogens is 1. The van der Waals surface area contributed by atoms with Crippen molar-refractivity contribution in [3.8, 4) is 17.1 Å². The van der Waals surface area contributed by atoms with Gasteiger partial charge in [-0.1, -0.05) is 35.0 Å². The van der Waals surface area contributed by atoms with Crippen LogP contribution in [0.5, 0.6) is 5.75 Å². The fourth-order valence-electron chi connectivity index (χ4n) is 2.85. The lowest BCUT2D eigenvalue weighted by molar-refractivity contribution is 0.147. The molecule has 0 atom stereocenters. The molecule has 126 valence electrons. The van der Waals surface area contributed by atoms with Crippen LogP contribution < -0.4 is 4.74 Å². The van der Waals surface area contributed by atoms with Crippen LogP contribution in [0.25, 0.3) is 11.3 Å². The van der Waals surface area contributed by atoms with Gasteiger partial charge in [-0.2, -0.15) is 0 Å². The SMILES string of the molecule is O=C(Oc1ccccc1)N1CCc2noc(-c3ccc(Cl)cc3)c2C1. The lowest BCUT2D eigenvalue weighted by atomic mass is 10.0. The summed E-state index contributed by atoms with van der Waals surface area (Å²) in [6.07, 6.45) is 0.260. The topological polar surface area (TPSA) is 55.6 Å². The van der Waals surface area contributed by atoms with E-state index in [0.717, 1.165) is 16.8 Å². The molecule has 0 bridgehead atoms. The Kier molecular flexibility index (Phi) is 4.15. The average Bonchev–Trinajstić information content (AvgIpc) is 3.06. The standard InChI is InChI=1S/C19H15ClN2O3/c20-14-8-6-13(7-9-14)18-16-12-22(11-10-17(16)21-25-18)19(23)24-15-4-2-1-3-5-15/h1-9H,10-12H2. The highest BCUT2D eigenvalue weighted by molar-refractivity contribution is 6.30. The second-order valence-electron chi connectivity index (χ2n) is 5.80. The highest BCUT2D eigenvalue weighted by Gasteiger charge is 2.28. The molecule has 0 aliphatic carbocycles. The molecular weight excluding hydrogens is 340 g/mol. The van der Waals surface area contributed by atoms with Gasteiger partial charge >= 0.3 is 6.09 Å². The maximum absolute atomic E-state index is 12.4. The Labute approximate surface area is 149 Å². The van der Waals surface area contributed by atoms with Crippen LogP contribution >= 0.6 is 11.6 Å². The van der Waals surface area contributed by atoms with Gasteiger partial charge in [0.2, 0.25) is 0 Å². The first-order chi connectivity index (χ1) is 12.2. The third kappa shape index (κ3) is 3.23. The summed E-state index contributed by atoms with van der Waals surface area (Å²) in [4.78, 5) is 14.1. The third-order valence-electron chi connectivity index (χ3n) is 4.15. The van der Waals surface area contributed by atoms with Crippen LogP contribution in [0.15, 0.2) is 59.1 Å². The zero-order valence-electron chi connectivity index (χ0n) is 13.3. The van der Waals surface area contributed by atoms with Crippen LogP contribution in [0.1, 0.15) is 11.3 Å². The van der Waals surface area contributed by atoms with Gasteiger partial charge in [-0.25, -0.2) is 4.79 Å². The molecule has 0 saturated carbocycles. The van der Waals surface area contributed by atoms with E-state index in [4.69, 9.17) is 20.9 Å². The fourth-order valence-corrected chi connectivity index (χ4v) is 2.98. The fraction of sp³-hybridized carbons (Fsp3) is 0.158. The summed E-state index contributed by atoms with van der Waals surface area (Å²) in [5, 5.41) is 4.80. The van der Waals surface area contributed by atoms with Crippen LogP contribution in [0, 0.1) is 0 Å². The van der Waals surface area contributed by atoms with Crippen molar-refractivity contribution in [2.24, 2.45) is 0 Å². The summed E-state index contributed by atoms with van der Waals surface area (Å²) < 4.78 is 10.9. The highest BCUT2D eigenvalue weighted by Crippen LogP contribution is 2.31.